The molecule has 1 heterocycles. The SMILES string of the molecule is CC(C)(C)N1[C@H](c2ccccc2)[C@H]2C=CC=C[C@H]2P1(=O)c1ccccc1. The second kappa shape index (κ2) is 6.37. The van der Waals surface area contributed by atoms with E-state index in [1.807, 2.05) is 36.4 Å². The van der Waals surface area contributed by atoms with Crippen LogP contribution in [-0.2, 0) is 4.57 Å². The van der Waals surface area contributed by atoms with Crippen LogP contribution in [0.2, 0.25) is 0 Å². The molecule has 0 radical (unpaired) electrons. The molecule has 0 amide bonds. The second-order valence-corrected chi connectivity index (χ2v) is 11.0. The fourth-order valence-corrected chi connectivity index (χ4v) is 8.65. The van der Waals surface area contributed by atoms with E-state index in [4.69, 9.17) is 0 Å². The van der Waals surface area contributed by atoms with Gasteiger partial charge < -0.3 is 4.57 Å². The highest BCUT2D eigenvalue weighted by molar-refractivity contribution is 7.70. The lowest BCUT2D eigenvalue weighted by Crippen LogP contribution is -2.41. The molecule has 1 unspecified atom stereocenters. The normalized spacial score (nSPS) is 31.1. The minimum atomic E-state index is -2.81. The smallest absolute Gasteiger partial charge is 0.187 e. The number of fused-ring (bicyclic) bond motifs is 1. The lowest BCUT2D eigenvalue weighted by Gasteiger charge is -2.42. The molecule has 0 aromatic heterocycles. The van der Waals surface area contributed by atoms with Gasteiger partial charge in [0.2, 0.25) is 0 Å². The van der Waals surface area contributed by atoms with Crippen LogP contribution < -0.4 is 5.30 Å². The zero-order chi connectivity index (χ0) is 18.4. The summed E-state index contributed by atoms with van der Waals surface area (Å²) in [7, 11) is -2.81. The highest BCUT2D eigenvalue weighted by Gasteiger charge is 2.59. The third-order valence-electron chi connectivity index (χ3n) is 5.45. The molecule has 0 saturated carbocycles. The highest BCUT2D eigenvalue weighted by atomic mass is 31.2. The average molecular weight is 363 g/mol. The molecule has 0 bridgehead atoms. The molecule has 2 aromatic rings. The van der Waals surface area contributed by atoms with Gasteiger partial charge in [-0.25, -0.2) is 4.67 Å². The van der Waals surface area contributed by atoms with Gasteiger partial charge in [-0.15, -0.1) is 0 Å². The predicted molar refractivity (Wildman–Crippen MR) is 110 cm³/mol. The highest BCUT2D eigenvalue weighted by Crippen LogP contribution is 2.70. The van der Waals surface area contributed by atoms with Gasteiger partial charge in [0.1, 0.15) is 0 Å². The van der Waals surface area contributed by atoms with Crippen molar-refractivity contribution < 1.29 is 4.57 Å². The quantitative estimate of drug-likeness (QED) is 0.652. The topological polar surface area (TPSA) is 20.3 Å². The third-order valence-corrected chi connectivity index (χ3v) is 9.31. The Kier molecular flexibility index (Phi) is 4.29. The van der Waals surface area contributed by atoms with Crippen LogP contribution in [0.3, 0.4) is 0 Å². The maximum atomic E-state index is 14.8. The molecule has 0 spiro atoms. The van der Waals surface area contributed by atoms with Crippen LogP contribution in [0.25, 0.3) is 0 Å². The van der Waals surface area contributed by atoms with E-state index in [9.17, 15) is 4.57 Å². The third kappa shape index (κ3) is 2.64. The van der Waals surface area contributed by atoms with Gasteiger partial charge in [-0.05, 0) is 26.3 Å². The van der Waals surface area contributed by atoms with E-state index in [2.05, 4.69) is 74.0 Å². The summed E-state index contributed by atoms with van der Waals surface area (Å²) in [6.45, 7) is 6.55. The molecule has 4 rings (SSSR count). The maximum Gasteiger partial charge on any atom is 0.187 e. The Hall–Kier alpha value is -1.89. The van der Waals surface area contributed by atoms with Crippen molar-refractivity contribution in [1.29, 1.82) is 0 Å². The van der Waals surface area contributed by atoms with Gasteiger partial charge in [0.05, 0.1) is 5.66 Å². The Morgan fingerprint density at radius 1 is 0.846 bits per heavy atom. The zero-order valence-corrected chi connectivity index (χ0v) is 16.5. The Labute approximate surface area is 156 Å². The van der Waals surface area contributed by atoms with E-state index < -0.39 is 7.29 Å². The van der Waals surface area contributed by atoms with Gasteiger partial charge in [-0.1, -0.05) is 85.0 Å². The van der Waals surface area contributed by atoms with Gasteiger partial charge in [-0.2, -0.15) is 0 Å². The molecule has 2 nitrogen and oxygen atoms in total. The molecule has 1 saturated heterocycles. The number of nitrogens with zero attached hydrogens (tertiary/aromatic N) is 1. The van der Waals surface area contributed by atoms with E-state index in [1.165, 1.54) is 5.56 Å². The minimum Gasteiger partial charge on any atom is -0.301 e. The molecule has 134 valence electrons. The van der Waals surface area contributed by atoms with Crippen molar-refractivity contribution in [2.45, 2.75) is 38.0 Å². The van der Waals surface area contributed by atoms with E-state index >= 15 is 0 Å². The van der Waals surface area contributed by atoms with Crippen molar-refractivity contribution in [3.63, 3.8) is 0 Å². The van der Waals surface area contributed by atoms with Gasteiger partial charge in [0.25, 0.3) is 0 Å². The standard InChI is InChI=1S/C23H26NOP/c1-23(2,3)24-22(18-12-6-4-7-13-18)20-16-10-11-17-21(20)26(24,25)19-14-8-5-9-15-19/h4-17,20-22H,1-3H3/t20-,21+,22+,26?/m0/s1. The van der Waals surface area contributed by atoms with Crippen molar-refractivity contribution >= 4 is 12.6 Å². The Balaban J connectivity index is 1.97. The molecule has 4 atom stereocenters. The van der Waals surface area contributed by atoms with Crippen LogP contribution in [0.1, 0.15) is 32.4 Å². The number of benzene rings is 2. The summed E-state index contributed by atoms with van der Waals surface area (Å²) < 4.78 is 17.1. The summed E-state index contributed by atoms with van der Waals surface area (Å²) in [4.78, 5) is 0. The Morgan fingerprint density at radius 3 is 2.04 bits per heavy atom. The number of rotatable bonds is 2. The van der Waals surface area contributed by atoms with Gasteiger partial charge in [-0.3, -0.25) is 0 Å². The second-order valence-electron chi connectivity index (χ2n) is 8.17. The van der Waals surface area contributed by atoms with E-state index in [0.29, 0.717) is 0 Å². The van der Waals surface area contributed by atoms with Crippen LogP contribution >= 0.6 is 7.29 Å². The molecular weight excluding hydrogens is 337 g/mol. The van der Waals surface area contributed by atoms with Crippen molar-refractivity contribution in [3.8, 4) is 0 Å². The first kappa shape index (κ1) is 17.5. The largest absolute Gasteiger partial charge is 0.301 e. The number of allylic oxidation sites excluding steroid dienone is 3. The molecule has 1 aliphatic carbocycles. The van der Waals surface area contributed by atoms with Crippen LogP contribution in [0.5, 0.6) is 0 Å². The Morgan fingerprint density at radius 2 is 1.42 bits per heavy atom. The monoisotopic (exact) mass is 363 g/mol. The predicted octanol–water partition coefficient (Wildman–Crippen LogP) is 5.56. The lowest BCUT2D eigenvalue weighted by molar-refractivity contribution is 0.187. The van der Waals surface area contributed by atoms with E-state index in [-0.39, 0.29) is 23.2 Å². The fraction of sp³-hybridized carbons (Fsp3) is 0.304. The summed E-state index contributed by atoms with van der Waals surface area (Å²) in [6, 6.07) is 20.7. The molecule has 1 fully saturated rings. The summed E-state index contributed by atoms with van der Waals surface area (Å²) in [5.41, 5.74) is 1.04. The van der Waals surface area contributed by atoms with Crippen LogP contribution in [-0.4, -0.2) is 15.9 Å². The van der Waals surface area contributed by atoms with Crippen LogP contribution in [0.4, 0.5) is 0 Å². The van der Waals surface area contributed by atoms with E-state index in [0.717, 1.165) is 5.30 Å². The summed E-state index contributed by atoms with van der Waals surface area (Å²) in [5.74, 6) is 0.215. The molecule has 3 heteroatoms. The van der Waals surface area contributed by atoms with Crippen LogP contribution in [0, 0.1) is 5.92 Å². The van der Waals surface area contributed by atoms with Gasteiger partial charge >= 0.3 is 0 Å². The van der Waals surface area contributed by atoms with Crippen molar-refractivity contribution in [2.75, 3.05) is 0 Å². The molecule has 0 N–H and O–H groups in total. The van der Waals surface area contributed by atoms with Gasteiger partial charge in [0.15, 0.2) is 7.29 Å². The first-order chi connectivity index (χ1) is 12.4. The van der Waals surface area contributed by atoms with Crippen molar-refractivity contribution in [2.24, 2.45) is 5.92 Å². The molecule has 2 aromatic carbocycles. The summed E-state index contributed by atoms with van der Waals surface area (Å²) in [6.07, 6.45) is 8.59. The van der Waals surface area contributed by atoms with Gasteiger partial charge in [0, 0.05) is 22.8 Å². The minimum absolute atomic E-state index is 0.0133. The summed E-state index contributed by atoms with van der Waals surface area (Å²) >= 11 is 0. The lowest BCUT2D eigenvalue weighted by atomic mass is 9.86. The average Bonchev–Trinajstić information content (AvgIpc) is 2.94. The number of hydrogen-bond acceptors (Lipinski definition) is 1. The van der Waals surface area contributed by atoms with Crippen molar-refractivity contribution in [1.82, 2.24) is 4.67 Å². The van der Waals surface area contributed by atoms with Crippen molar-refractivity contribution in [3.05, 3.63) is 90.5 Å². The zero-order valence-electron chi connectivity index (χ0n) is 15.6. The molecule has 26 heavy (non-hydrogen) atoms. The van der Waals surface area contributed by atoms with E-state index in [1.54, 1.807) is 0 Å². The maximum absolute atomic E-state index is 14.8. The van der Waals surface area contributed by atoms with Crippen LogP contribution in [0.15, 0.2) is 85.0 Å². The first-order valence-electron chi connectivity index (χ1n) is 9.29. The first-order valence-corrected chi connectivity index (χ1v) is 11.0. The summed E-state index contributed by atoms with van der Waals surface area (Å²) in [5, 5.41) is 0.961. The molecule has 1 aliphatic heterocycles. The molecular formula is C23H26NOP. The fourth-order valence-electron chi connectivity index (χ4n) is 4.56. The molecule has 2 aliphatic rings. The Bertz CT molecular complexity index is 879. The number of hydrogen-bond donors (Lipinski definition) is 0.